The molecule has 1 aliphatic heterocycles. The highest BCUT2D eigenvalue weighted by molar-refractivity contribution is 5.44. The van der Waals surface area contributed by atoms with Gasteiger partial charge in [-0.3, -0.25) is 0 Å². The normalized spacial score (nSPS) is 14.5. The molecule has 2 nitrogen and oxygen atoms in total. The molecule has 22 heavy (non-hydrogen) atoms. The fourth-order valence-electron chi connectivity index (χ4n) is 2.51. The molecule has 0 fully saturated rings. The molecule has 0 saturated heterocycles. The van der Waals surface area contributed by atoms with Crippen LogP contribution in [0.15, 0.2) is 36.4 Å². The van der Waals surface area contributed by atoms with E-state index in [-0.39, 0.29) is 5.75 Å². The summed E-state index contributed by atoms with van der Waals surface area (Å²) in [7, 11) is 0. The maximum Gasteiger partial charge on any atom is 0.419 e. The van der Waals surface area contributed by atoms with Crippen LogP contribution in [0, 0.1) is 5.82 Å². The molecule has 0 amide bonds. The molecule has 116 valence electrons. The highest BCUT2D eigenvalue weighted by Gasteiger charge is 2.34. The number of fused-ring (bicyclic) bond motifs is 1. The van der Waals surface area contributed by atoms with Crippen LogP contribution >= 0.6 is 0 Å². The highest BCUT2D eigenvalue weighted by atomic mass is 19.4. The summed E-state index contributed by atoms with van der Waals surface area (Å²) in [6, 6.07) is 8.10. The van der Waals surface area contributed by atoms with E-state index in [9.17, 15) is 17.6 Å². The standard InChI is InChI=1S/C16H13F4NO/c17-14-8-11(4-5-13(14)16(18,19)20)22-15-3-1-2-10-9-21-7-6-12(10)15/h1-5,8,21H,6-7,9H2. The predicted molar refractivity (Wildman–Crippen MR) is 73.3 cm³/mol. The highest BCUT2D eigenvalue weighted by Crippen LogP contribution is 2.35. The van der Waals surface area contributed by atoms with E-state index in [1.807, 2.05) is 12.1 Å². The Balaban J connectivity index is 1.90. The first kappa shape index (κ1) is 14.8. The van der Waals surface area contributed by atoms with Crippen LogP contribution in [0.25, 0.3) is 0 Å². The molecule has 0 spiro atoms. The lowest BCUT2D eigenvalue weighted by Crippen LogP contribution is -2.23. The van der Waals surface area contributed by atoms with E-state index in [4.69, 9.17) is 4.74 Å². The van der Waals surface area contributed by atoms with Crippen LogP contribution in [0.1, 0.15) is 16.7 Å². The van der Waals surface area contributed by atoms with Crippen molar-refractivity contribution in [3.8, 4) is 11.5 Å². The van der Waals surface area contributed by atoms with E-state index in [0.717, 1.165) is 36.2 Å². The molecule has 0 aliphatic carbocycles. The topological polar surface area (TPSA) is 21.3 Å². The van der Waals surface area contributed by atoms with E-state index >= 15 is 0 Å². The Kier molecular flexibility index (Phi) is 3.78. The van der Waals surface area contributed by atoms with Gasteiger partial charge >= 0.3 is 6.18 Å². The van der Waals surface area contributed by atoms with Crippen molar-refractivity contribution in [3.63, 3.8) is 0 Å². The van der Waals surface area contributed by atoms with Crippen LogP contribution in [0.4, 0.5) is 17.6 Å². The lowest BCUT2D eigenvalue weighted by Gasteiger charge is -2.20. The second kappa shape index (κ2) is 5.61. The molecule has 1 heterocycles. The van der Waals surface area contributed by atoms with Gasteiger partial charge in [-0.1, -0.05) is 12.1 Å². The van der Waals surface area contributed by atoms with Crippen LogP contribution in [0.5, 0.6) is 11.5 Å². The summed E-state index contributed by atoms with van der Waals surface area (Å²) >= 11 is 0. The van der Waals surface area contributed by atoms with Crippen molar-refractivity contribution in [3.05, 3.63) is 58.9 Å². The van der Waals surface area contributed by atoms with Crippen molar-refractivity contribution in [2.45, 2.75) is 19.1 Å². The van der Waals surface area contributed by atoms with Gasteiger partial charge in [0.15, 0.2) is 0 Å². The van der Waals surface area contributed by atoms with Crippen LogP contribution < -0.4 is 10.1 Å². The van der Waals surface area contributed by atoms with Crippen LogP contribution in [-0.2, 0) is 19.1 Å². The average Bonchev–Trinajstić information content (AvgIpc) is 2.46. The Labute approximate surface area is 124 Å². The number of nitrogens with one attached hydrogen (secondary N) is 1. The van der Waals surface area contributed by atoms with Crippen molar-refractivity contribution in [2.24, 2.45) is 0 Å². The minimum Gasteiger partial charge on any atom is -0.457 e. The Morgan fingerprint density at radius 2 is 1.91 bits per heavy atom. The van der Waals surface area contributed by atoms with Crippen LogP contribution in [-0.4, -0.2) is 6.54 Å². The zero-order valence-electron chi connectivity index (χ0n) is 11.5. The largest absolute Gasteiger partial charge is 0.457 e. The smallest absolute Gasteiger partial charge is 0.419 e. The van der Waals surface area contributed by atoms with Crippen molar-refractivity contribution in [2.75, 3.05) is 6.54 Å². The first-order valence-electron chi connectivity index (χ1n) is 6.81. The fraction of sp³-hybridized carbons (Fsp3) is 0.250. The van der Waals surface area contributed by atoms with E-state index in [0.29, 0.717) is 18.4 Å². The van der Waals surface area contributed by atoms with Crippen LogP contribution in [0.2, 0.25) is 0 Å². The Morgan fingerprint density at radius 3 is 2.64 bits per heavy atom. The summed E-state index contributed by atoms with van der Waals surface area (Å²) < 4.78 is 56.8. The van der Waals surface area contributed by atoms with E-state index in [2.05, 4.69) is 5.32 Å². The monoisotopic (exact) mass is 311 g/mol. The maximum absolute atomic E-state index is 13.6. The molecule has 1 N–H and O–H groups in total. The summed E-state index contributed by atoms with van der Waals surface area (Å²) in [5.74, 6) is -0.730. The number of hydrogen-bond acceptors (Lipinski definition) is 2. The molecule has 2 aromatic carbocycles. The maximum atomic E-state index is 13.6. The summed E-state index contributed by atoms with van der Waals surface area (Å²) in [6.45, 7) is 1.52. The molecule has 0 aromatic heterocycles. The zero-order chi connectivity index (χ0) is 15.7. The second-order valence-electron chi connectivity index (χ2n) is 5.06. The molecule has 0 radical (unpaired) electrons. The molecule has 6 heteroatoms. The first-order chi connectivity index (χ1) is 10.4. The van der Waals surface area contributed by atoms with Gasteiger partial charge in [0.05, 0.1) is 5.56 Å². The van der Waals surface area contributed by atoms with Gasteiger partial charge in [0.1, 0.15) is 17.3 Å². The Morgan fingerprint density at radius 1 is 1.09 bits per heavy atom. The van der Waals surface area contributed by atoms with E-state index in [1.54, 1.807) is 6.07 Å². The number of halogens is 4. The quantitative estimate of drug-likeness (QED) is 0.836. The number of benzene rings is 2. The van der Waals surface area contributed by atoms with E-state index in [1.165, 1.54) is 0 Å². The number of ether oxygens (including phenoxy) is 1. The van der Waals surface area contributed by atoms with Gasteiger partial charge in [-0.25, -0.2) is 4.39 Å². The van der Waals surface area contributed by atoms with Crippen molar-refractivity contribution in [1.29, 1.82) is 0 Å². The van der Waals surface area contributed by atoms with Gasteiger partial charge in [0, 0.05) is 18.2 Å². The number of alkyl halides is 3. The second-order valence-corrected chi connectivity index (χ2v) is 5.06. The van der Waals surface area contributed by atoms with Gasteiger partial charge < -0.3 is 10.1 Å². The fourth-order valence-corrected chi connectivity index (χ4v) is 2.51. The third kappa shape index (κ3) is 2.92. The van der Waals surface area contributed by atoms with Crippen molar-refractivity contribution in [1.82, 2.24) is 5.32 Å². The van der Waals surface area contributed by atoms with Gasteiger partial charge in [-0.2, -0.15) is 13.2 Å². The molecule has 0 atom stereocenters. The van der Waals surface area contributed by atoms with Gasteiger partial charge in [0.25, 0.3) is 0 Å². The molecular weight excluding hydrogens is 298 g/mol. The summed E-state index contributed by atoms with van der Waals surface area (Å²) in [5.41, 5.74) is 0.789. The molecular formula is C16H13F4NO. The Hall–Kier alpha value is -2.08. The molecule has 3 rings (SSSR count). The van der Waals surface area contributed by atoms with Crippen molar-refractivity contribution < 1.29 is 22.3 Å². The zero-order valence-corrected chi connectivity index (χ0v) is 11.5. The molecule has 2 aromatic rings. The minimum atomic E-state index is -4.71. The van der Waals surface area contributed by atoms with Crippen LogP contribution in [0.3, 0.4) is 0 Å². The summed E-state index contributed by atoms with van der Waals surface area (Å²) in [6.07, 6.45) is -3.95. The van der Waals surface area contributed by atoms with E-state index < -0.39 is 17.6 Å². The third-order valence-electron chi connectivity index (χ3n) is 3.57. The molecule has 0 unspecified atom stereocenters. The summed E-state index contributed by atoms with van der Waals surface area (Å²) in [5, 5.41) is 3.22. The van der Waals surface area contributed by atoms with Crippen molar-refractivity contribution >= 4 is 0 Å². The molecule has 0 bridgehead atoms. The average molecular weight is 311 g/mol. The summed E-state index contributed by atoms with van der Waals surface area (Å²) in [4.78, 5) is 0. The van der Waals surface area contributed by atoms with Gasteiger partial charge in [0.2, 0.25) is 0 Å². The number of hydrogen-bond donors (Lipinski definition) is 1. The van der Waals surface area contributed by atoms with Gasteiger partial charge in [-0.15, -0.1) is 0 Å². The Bertz CT molecular complexity index is 697. The lowest BCUT2D eigenvalue weighted by atomic mass is 10.0. The molecule has 0 saturated carbocycles. The van der Waals surface area contributed by atoms with Gasteiger partial charge in [-0.05, 0) is 36.7 Å². The molecule has 1 aliphatic rings. The minimum absolute atomic E-state index is 0.0532. The SMILES string of the molecule is Fc1cc(Oc2cccc3c2CCNC3)ccc1C(F)(F)F. The predicted octanol–water partition coefficient (Wildman–Crippen LogP) is 4.28. The first-order valence-corrected chi connectivity index (χ1v) is 6.81. The lowest BCUT2D eigenvalue weighted by molar-refractivity contribution is -0.140. The third-order valence-corrected chi connectivity index (χ3v) is 3.57. The number of rotatable bonds is 2.